The quantitative estimate of drug-likeness (QED) is 0.784. The van der Waals surface area contributed by atoms with E-state index < -0.39 is 5.41 Å². The molecule has 1 fully saturated rings. The molecule has 120 valence electrons. The van der Waals surface area contributed by atoms with Gasteiger partial charge in [-0.2, -0.15) is 0 Å². The Morgan fingerprint density at radius 1 is 1.23 bits per heavy atom. The number of pyridine rings is 1. The highest BCUT2D eigenvalue weighted by molar-refractivity contribution is 5.98. The number of Topliss-reactive ketones (excluding diaryl/α,β-unsaturated/α-hetero) is 1. The molecule has 2 rings (SSSR count). The summed E-state index contributed by atoms with van der Waals surface area (Å²) in [5.41, 5.74) is 0.0113. The maximum absolute atomic E-state index is 12.8. The van der Waals surface area contributed by atoms with Crippen molar-refractivity contribution in [3.8, 4) is 0 Å². The second-order valence-electron chi connectivity index (χ2n) is 6.86. The normalized spacial score (nSPS) is 16.3. The SMILES string of the molecule is CN(CC(=O)c1ccccn1)C(=O)C(C)(C)C1CCCCC1. The molecule has 0 N–H and O–H groups in total. The number of likely N-dealkylation sites (N-methyl/N-ethyl adjacent to an activating group) is 1. The second kappa shape index (κ2) is 7.03. The number of rotatable bonds is 5. The van der Waals surface area contributed by atoms with E-state index in [-0.39, 0.29) is 18.2 Å². The lowest BCUT2D eigenvalue weighted by atomic mass is 9.70. The predicted octanol–water partition coefficient (Wildman–Crippen LogP) is 3.33. The number of hydrogen-bond acceptors (Lipinski definition) is 3. The van der Waals surface area contributed by atoms with Gasteiger partial charge >= 0.3 is 0 Å². The smallest absolute Gasteiger partial charge is 0.228 e. The summed E-state index contributed by atoms with van der Waals surface area (Å²) in [7, 11) is 1.72. The minimum Gasteiger partial charge on any atom is -0.338 e. The molecule has 4 nitrogen and oxygen atoms in total. The topological polar surface area (TPSA) is 50.3 Å². The Hall–Kier alpha value is -1.71. The number of nitrogens with zero attached hydrogens (tertiary/aromatic N) is 2. The zero-order valence-electron chi connectivity index (χ0n) is 13.8. The van der Waals surface area contributed by atoms with Crippen molar-refractivity contribution in [2.75, 3.05) is 13.6 Å². The lowest BCUT2D eigenvalue weighted by Crippen LogP contribution is -2.45. The Kier molecular flexibility index (Phi) is 5.33. The zero-order chi connectivity index (χ0) is 16.2. The van der Waals surface area contributed by atoms with E-state index in [0.717, 1.165) is 12.8 Å². The third-order valence-corrected chi connectivity index (χ3v) is 4.86. The van der Waals surface area contributed by atoms with Gasteiger partial charge in [-0.1, -0.05) is 39.2 Å². The second-order valence-corrected chi connectivity index (χ2v) is 6.86. The van der Waals surface area contributed by atoms with Crippen LogP contribution in [0, 0.1) is 11.3 Å². The molecule has 1 amide bonds. The number of amides is 1. The van der Waals surface area contributed by atoms with Gasteiger partial charge in [0.2, 0.25) is 5.91 Å². The van der Waals surface area contributed by atoms with Crippen molar-refractivity contribution in [1.82, 2.24) is 9.88 Å². The molecule has 1 saturated carbocycles. The van der Waals surface area contributed by atoms with Gasteiger partial charge in [0, 0.05) is 18.7 Å². The Balaban J connectivity index is 2.00. The van der Waals surface area contributed by atoms with Crippen LogP contribution in [0.5, 0.6) is 0 Å². The molecule has 4 heteroatoms. The van der Waals surface area contributed by atoms with E-state index in [9.17, 15) is 9.59 Å². The van der Waals surface area contributed by atoms with Crippen LogP contribution in [-0.4, -0.2) is 35.2 Å². The lowest BCUT2D eigenvalue weighted by molar-refractivity contribution is -0.142. The van der Waals surface area contributed by atoms with Crippen molar-refractivity contribution >= 4 is 11.7 Å². The maximum atomic E-state index is 12.8. The molecule has 1 aromatic heterocycles. The van der Waals surface area contributed by atoms with Gasteiger partial charge in [-0.25, -0.2) is 0 Å². The van der Waals surface area contributed by atoms with Gasteiger partial charge in [0.1, 0.15) is 5.69 Å². The Morgan fingerprint density at radius 2 is 1.91 bits per heavy atom. The molecular formula is C18H26N2O2. The van der Waals surface area contributed by atoms with Crippen molar-refractivity contribution in [1.29, 1.82) is 0 Å². The fourth-order valence-electron chi connectivity index (χ4n) is 3.39. The van der Waals surface area contributed by atoms with Gasteiger partial charge < -0.3 is 4.90 Å². The van der Waals surface area contributed by atoms with Gasteiger partial charge in [0.05, 0.1) is 6.54 Å². The molecular weight excluding hydrogens is 276 g/mol. The molecule has 1 aliphatic rings. The van der Waals surface area contributed by atoms with Crippen LogP contribution in [0.3, 0.4) is 0 Å². The minimum absolute atomic E-state index is 0.0590. The molecule has 0 aliphatic heterocycles. The Labute approximate surface area is 132 Å². The van der Waals surface area contributed by atoms with Crippen LogP contribution >= 0.6 is 0 Å². The summed E-state index contributed by atoms with van der Waals surface area (Å²) in [5.74, 6) is 0.362. The highest BCUT2D eigenvalue weighted by Gasteiger charge is 2.39. The molecule has 0 unspecified atom stereocenters. The van der Waals surface area contributed by atoms with E-state index >= 15 is 0 Å². The van der Waals surface area contributed by atoms with Crippen LogP contribution in [0.4, 0.5) is 0 Å². The molecule has 0 radical (unpaired) electrons. The van der Waals surface area contributed by atoms with Crippen molar-refractivity contribution in [3.63, 3.8) is 0 Å². The Morgan fingerprint density at radius 3 is 2.50 bits per heavy atom. The molecule has 1 aromatic rings. The summed E-state index contributed by atoms with van der Waals surface area (Å²) < 4.78 is 0. The molecule has 1 aliphatic carbocycles. The first-order valence-corrected chi connectivity index (χ1v) is 8.12. The van der Waals surface area contributed by atoms with Crippen LogP contribution in [0.2, 0.25) is 0 Å². The fraction of sp³-hybridized carbons (Fsp3) is 0.611. The van der Waals surface area contributed by atoms with E-state index in [2.05, 4.69) is 4.98 Å². The standard InChI is InChI=1S/C18H26N2O2/c1-18(2,14-9-5-4-6-10-14)17(22)20(3)13-16(21)15-11-7-8-12-19-15/h7-8,11-12,14H,4-6,9-10,13H2,1-3H3. The number of aromatic nitrogens is 1. The third kappa shape index (κ3) is 3.73. The third-order valence-electron chi connectivity index (χ3n) is 4.86. The van der Waals surface area contributed by atoms with Gasteiger partial charge in [0.15, 0.2) is 5.78 Å². The van der Waals surface area contributed by atoms with Crippen molar-refractivity contribution in [2.45, 2.75) is 46.0 Å². The first kappa shape index (κ1) is 16.7. The average Bonchev–Trinajstić information content (AvgIpc) is 2.55. The summed E-state index contributed by atoms with van der Waals surface area (Å²) in [6, 6.07) is 5.25. The van der Waals surface area contributed by atoms with Crippen LogP contribution in [0.1, 0.15) is 56.4 Å². The lowest BCUT2D eigenvalue weighted by Gasteiger charge is -2.38. The number of carbonyl (C=O) groups excluding carboxylic acids is 2. The average molecular weight is 302 g/mol. The summed E-state index contributed by atoms with van der Waals surface area (Å²) in [6.45, 7) is 4.13. The van der Waals surface area contributed by atoms with Gasteiger partial charge in [0.25, 0.3) is 0 Å². The van der Waals surface area contributed by atoms with Gasteiger partial charge in [-0.3, -0.25) is 14.6 Å². The Bertz CT molecular complexity index is 519. The molecule has 0 spiro atoms. The number of ketones is 1. The van der Waals surface area contributed by atoms with E-state index in [1.165, 1.54) is 19.3 Å². The van der Waals surface area contributed by atoms with E-state index in [4.69, 9.17) is 0 Å². The molecule has 0 atom stereocenters. The first-order chi connectivity index (χ1) is 10.4. The van der Waals surface area contributed by atoms with Crippen molar-refractivity contribution in [2.24, 2.45) is 11.3 Å². The number of carbonyl (C=O) groups is 2. The maximum Gasteiger partial charge on any atom is 0.228 e. The molecule has 1 heterocycles. The zero-order valence-corrected chi connectivity index (χ0v) is 13.8. The summed E-state index contributed by atoms with van der Waals surface area (Å²) in [5, 5.41) is 0. The molecule has 22 heavy (non-hydrogen) atoms. The summed E-state index contributed by atoms with van der Waals surface area (Å²) in [6.07, 6.45) is 7.51. The highest BCUT2D eigenvalue weighted by atomic mass is 16.2. The van der Waals surface area contributed by atoms with E-state index in [1.807, 2.05) is 13.8 Å². The van der Waals surface area contributed by atoms with E-state index in [1.54, 1.807) is 36.3 Å². The molecule has 0 bridgehead atoms. The van der Waals surface area contributed by atoms with E-state index in [0.29, 0.717) is 11.6 Å². The number of hydrogen-bond donors (Lipinski definition) is 0. The van der Waals surface area contributed by atoms with Gasteiger partial charge in [-0.05, 0) is 30.9 Å². The van der Waals surface area contributed by atoms with Crippen LogP contribution in [-0.2, 0) is 4.79 Å². The van der Waals surface area contributed by atoms with Crippen molar-refractivity contribution < 1.29 is 9.59 Å². The molecule has 0 aromatic carbocycles. The van der Waals surface area contributed by atoms with Crippen LogP contribution < -0.4 is 0 Å². The molecule has 0 saturated heterocycles. The summed E-state index contributed by atoms with van der Waals surface area (Å²) in [4.78, 5) is 30.6. The van der Waals surface area contributed by atoms with Crippen LogP contribution in [0.15, 0.2) is 24.4 Å². The van der Waals surface area contributed by atoms with Crippen molar-refractivity contribution in [3.05, 3.63) is 30.1 Å². The predicted molar refractivity (Wildman–Crippen MR) is 86.6 cm³/mol. The highest BCUT2D eigenvalue weighted by Crippen LogP contribution is 2.39. The minimum atomic E-state index is -0.403. The van der Waals surface area contributed by atoms with Crippen LogP contribution in [0.25, 0.3) is 0 Å². The first-order valence-electron chi connectivity index (χ1n) is 8.12. The largest absolute Gasteiger partial charge is 0.338 e. The monoisotopic (exact) mass is 302 g/mol. The fourth-order valence-corrected chi connectivity index (χ4v) is 3.39. The van der Waals surface area contributed by atoms with Gasteiger partial charge in [-0.15, -0.1) is 0 Å². The summed E-state index contributed by atoms with van der Waals surface area (Å²) >= 11 is 0.